The molecule has 5 rings (SSSR count). The molecule has 1 aliphatic heterocycles. The van der Waals surface area contributed by atoms with Crippen LogP contribution in [0.3, 0.4) is 0 Å². The Morgan fingerprint density at radius 1 is 0.967 bits per heavy atom. The third-order valence-corrected chi connectivity index (χ3v) is 5.54. The maximum absolute atomic E-state index is 13.8. The van der Waals surface area contributed by atoms with Crippen LogP contribution in [0.15, 0.2) is 54.6 Å². The molecule has 1 saturated heterocycles. The van der Waals surface area contributed by atoms with E-state index in [1.165, 1.54) is 0 Å². The van der Waals surface area contributed by atoms with Crippen molar-refractivity contribution >= 4 is 38.4 Å². The lowest BCUT2D eigenvalue weighted by molar-refractivity contribution is -0.187. The lowest BCUT2D eigenvalue weighted by Gasteiger charge is -2.40. The molecule has 2 unspecified atom stereocenters. The molecule has 0 bridgehead atoms. The summed E-state index contributed by atoms with van der Waals surface area (Å²) in [5, 5.41) is 6.33. The molecule has 1 aliphatic rings. The summed E-state index contributed by atoms with van der Waals surface area (Å²) < 4.78 is 46.0. The van der Waals surface area contributed by atoms with E-state index in [1.807, 2.05) is 48.5 Å². The van der Waals surface area contributed by atoms with Gasteiger partial charge in [0.25, 0.3) is 0 Å². The molecule has 0 saturated carbocycles. The number of ether oxygens (including phenoxy) is 1. The Balaban J connectivity index is 1.73. The highest BCUT2D eigenvalue weighted by atomic mass is 19.4. The number of rotatable bonds is 1. The van der Waals surface area contributed by atoms with Crippen molar-refractivity contribution in [1.82, 2.24) is 21.5 Å². The van der Waals surface area contributed by atoms with Crippen LogP contribution in [0.1, 0.15) is 11.6 Å². The van der Waals surface area contributed by atoms with Gasteiger partial charge in [-0.1, -0.05) is 54.6 Å². The molecule has 2 atom stereocenters. The molecular formula is C21H17F3N4O2. The van der Waals surface area contributed by atoms with Gasteiger partial charge in [-0.25, -0.2) is 15.6 Å². The van der Waals surface area contributed by atoms with Crippen molar-refractivity contribution in [1.29, 1.82) is 0 Å². The molecule has 30 heavy (non-hydrogen) atoms. The normalized spacial score (nSPS) is 20.3. The van der Waals surface area contributed by atoms with Crippen LogP contribution < -0.4 is 16.4 Å². The molecule has 4 aromatic carbocycles. The highest BCUT2D eigenvalue weighted by Gasteiger charge is 2.49. The Labute approximate surface area is 168 Å². The number of hydrazine groups is 3. The molecule has 1 fully saturated rings. The van der Waals surface area contributed by atoms with E-state index in [4.69, 9.17) is 0 Å². The van der Waals surface area contributed by atoms with E-state index in [-0.39, 0.29) is 0 Å². The summed E-state index contributed by atoms with van der Waals surface area (Å²) in [5.41, 5.74) is 7.43. The minimum Gasteiger partial charge on any atom is -0.451 e. The first-order chi connectivity index (χ1) is 14.4. The predicted octanol–water partition coefficient (Wildman–Crippen LogP) is 4.15. The topological polar surface area (TPSA) is 65.6 Å². The van der Waals surface area contributed by atoms with Gasteiger partial charge in [0, 0.05) is 0 Å². The number of nitrogens with zero attached hydrogens (tertiary/aromatic N) is 1. The molecule has 154 valence electrons. The van der Waals surface area contributed by atoms with Crippen molar-refractivity contribution in [2.75, 3.05) is 7.11 Å². The summed E-state index contributed by atoms with van der Waals surface area (Å²) in [6.45, 7) is 0. The first-order valence-corrected chi connectivity index (χ1v) is 9.27. The predicted molar refractivity (Wildman–Crippen MR) is 106 cm³/mol. The average Bonchev–Trinajstić information content (AvgIpc) is 2.75. The zero-order chi connectivity index (χ0) is 21.0. The Morgan fingerprint density at radius 3 is 2.27 bits per heavy atom. The number of carbonyl (C=O) groups is 1. The molecule has 9 heteroatoms. The van der Waals surface area contributed by atoms with Crippen LogP contribution in [-0.2, 0) is 4.74 Å². The van der Waals surface area contributed by atoms with Crippen LogP contribution in [-0.4, -0.2) is 30.5 Å². The number of hydrogen-bond acceptors (Lipinski definition) is 5. The van der Waals surface area contributed by atoms with E-state index in [0.717, 1.165) is 39.2 Å². The van der Waals surface area contributed by atoms with E-state index in [1.54, 1.807) is 6.07 Å². The highest BCUT2D eigenvalue weighted by molar-refractivity contribution is 6.23. The largest absolute Gasteiger partial charge is 0.451 e. The molecule has 0 aliphatic carbocycles. The number of hydrogen-bond donors (Lipinski definition) is 3. The third kappa shape index (κ3) is 2.82. The van der Waals surface area contributed by atoms with Gasteiger partial charge in [-0.15, -0.1) is 5.53 Å². The molecule has 4 aromatic rings. The standard InChI is InChI=1S/C21H17F3N4O2/c1-30-20(29)28-26-18(19(25-27-28)21(22,23)24)15-10-8-13-6-5-11-3-2-4-12-7-9-14(15)17(13)16(11)12/h2-10,18-19,25-27H,1H3. The number of amides is 1. The monoisotopic (exact) mass is 414 g/mol. The van der Waals surface area contributed by atoms with E-state index < -0.39 is 24.4 Å². The Bertz CT molecular complexity index is 1240. The summed E-state index contributed by atoms with van der Waals surface area (Å²) in [7, 11) is 1.15. The Hall–Kier alpha value is -3.14. The summed E-state index contributed by atoms with van der Waals surface area (Å²) in [5.74, 6) is 0. The second-order valence-corrected chi connectivity index (χ2v) is 7.20. The molecular weight excluding hydrogens is 397 g/mol. The molecule has 0 spiro atoms. The summed E-state index contributed by atoms with van der Waals surface area (Å²) in [6.07, 6.45) is -5.44. The van der Waals surface area contributed by atoms with E-state index in [0.29, 0.717) is 10.9 Å². The number of nitrogens with one attached hydrogen (secondary N) is 3. The number of alkyl halides is 3. The van der Waals surface area contributed by atoms with E-state index in [2.05, 4.69) is 21.1 Å². The summed E-state index contributed by atoms with van der Waals surface area (Å²) in [4.78, 5) is 11.9. The van der Waals surface area contributed by atoms with Crippen LogP contribution in [0.2, 0.25) is 0 Å². The maximum atomic E-state index is 13.8. The first-order valence-electron chi connectivity index (χ1n) is 9.27. The number of carbonyl (C=O) groups excluding carboxylic acids is 1. The smallest absolute Gasteiger partial charge is 0.440 e. The van der Waals surface area contributed by atoms with Gasteiger partial charge in [0.15, 0.2) is 0 Å². The summed E-state index contributed by atoms with van der Waals surface area (Å²) in [6, 6.07) is 13.9. The molecule has 0 aromatic heterocycles. The zero-order valence-electron chi connectivity index (χ0n) is 15.7. The van der Waals surface area contributed by atoms with E-state index in [9.17, 15) is 18.0 Å². The number of halogens is 3. The van der Waals surface area contributed by atoms with Gasteiger partial charge in [0.05, 0.1) is 13.2 Å². The number of benzene rings is 4. The van der Waals surface area contributed by atoms with Crippen LogP contribution >= 0.6 is 0 Å². The van der Waals surface area contributed by atoms with Crippen molar-refractivity contribution in [2.24, 2.45) is 0 Å². The summed E-state index contributed by atoms with van der Waals surface area (Å²) >= 11 is 0. The number of methoxy groups -OCH3 is 1. The lowest BCUT2D eigenvalue weighted by atomic mass is 9.88. The second-order valence-electron chi connectivity index (χ2n) is 7.20. The Kier molecular flexibility index (Phi) is 4.21. The highest BCUT2D eigenvalue weighted by Crippen LogP contribution is 2.40. The zero-order valence-corrected chi connectivity index (χ0v) is 15.7. The van der Waals surface area contributed by atoms with Crippen LogP contribution in [0.25, 0.3) is 32.3 Å². The van der Waals surface area contributed by atoms with Gasteiger partial charge in [-0.05, 0) is 37.9 Å². The van der Waals surface area contributed by atoms with E-state index >= 15 is 0 Å². The average molecular weight is 414 g/mol. The van der Waals surface area contributed by atoms with Crippen LogP contribution in [0, 0.1) is 0 Å². The van der Waals surface area contributed by atoms with Gasteiger partial charge in [-0.3, -0.25) is 0 Å². The van der Waals surface area contributed by atoms with Crippen molar-refractivity contribution in [2.45, 2.75) is 18.3 Å². The quantitative estimate of drug-likeness (QED) is 0.409. The second kappa shape index (κ2) is 6.69. The maximum Gasteiger partial charge on any atom is 0.440 e. The minimum atomic E-state index is -4.57. The van der Waals surface area contributed by atoms with Crippen molar-refractivity contribution in [3.63, 3.8) is 0 Å². The van der Waals surface area contributed by atoms with Gasteiger partial charge in [-0.2, -0.15) is 18.3 Å². The fourth-order valence-electron chi connectivity index (χ4n) is 4.20. The molecule has 3 N–H and O–H groups in total. The molecule has 1 heterocycles. The van der Waals surface area contributed by atoms with Crippen molar-refractivity contribution in [3.05, 3.63) is 60.2 Å². The van der Waals surface area contributed by atoms with Gasteiger partial charge in [0.1, 0.15) is 6.04 Å². The lowest BCUT2D eigenvalue weighted by Crippen LogP contribution is -2.71. The fourth-order valence-corrected chi connectivity index (χ4v) is 4.20. The minimum absolute atomic E-state index is 0.422. The van der Waals surface area contributed by atoms with Crippen molar-refractivity contribution in [3.8, 4) is 0 Å². The Morgan fingerprint density at radius 2 is 1.60 bits per heavy atom. The first kappa shape index (κ1) is 18.9. The molecule has 0 radical (unpaired) electrons. The van der Waals surface area contributed by atoms with Crippen LogP contribution in [0.5, 0.6) is 0 Å². The van der Waals surface area contributed by atoms with Gasteiger partial charge < -0.3 is 4.74 Å². The van der Waals surface area contributed by atoms with Crippen LogP contribution in [0.4, 0.5) is 18.0 Å². The van der Waals surface area contributed by atoms with Gasteiger partial charge in [0.2, 0.25) is 0 Å². The third-order valence-electron chi connectivity index (χ3n) is 5.54. The fraction of sp³-hybridized carbons (Fsp3) is 0.190. The SMILES string of the molecule is COC(=O)N1NNC(C(F)(F)F)C(c2ccc3ccc4cccc5ccc2c3c45)N1. The molecule has 1 amide bonds. The van der Waals surface area contributed by atoms with Gasteiger partial charge >= 0.3 is 12.3 Å². The molecule has 6 nitrogen and oxygen atoms in total. The van der Waals surface area contributed by atoms with Crippen molar-refractivity contribution < 1.29 is 22.7 Å².